The predicted molar refractivity (Wildman–Crippen MR) is 136 cm³/mol. The highest BCUT2D eigenvalue weighted by Crippen LogP contribution is 2.30. The maximum Gasteiger partial charge on any atom is 0.336 e. The van der Waals surface area contributed by atoms with Gasteiger partial charge in [-0.05, 0) is 42.5 Å². The Labute approximate surface area is 210 Å². The first-order valence-corrected chi connectivity index (χ1v) is 11.8. The van der Waals surface area contributed by atoms with Crippen molar-refractivity contribution in [1.82, 2.24) is 24.9 Å². The molecule has 10 heteroatoms. The molecule has 5 aromatic rings. The number of rotatable bonds is 4. The summed E-state index contributed by atoms with van der Waals surface area (Å²) in [5, 5.41) is 19.3. The van der Waals surface area contributed by atoms with Crippen molar-refractivity contribution in [2.75, 3.05) is 31.1 Å². The topological polar surface area (TPSA) is 104 Å². The van der Waals surface area contributed by atoms with E-state index in [4.69, 9.17) is 4.98 Å². The lowest BCUT2D eigenvalue weighted by atomic mass is 10.1. The van der Waals surface area contributed by atoms with Gasteiger partial charge in [0.25, 0.3) is 5.91 Å². The summed E-state index contributed by atoms with van der Waals surface area (Å²) in [6.07, 6.45) is 0. The van der Waals surface area contributed by atoms with Crippen molar-refractivity contribution in [1.29, 1.82) is 0 Å². The van der Waals surface area contributed by atoms with Crippen LogP contribution in [-0.4, -0.2) is 68.0 Å². The highest BCUT2D eigenvalue weighted by molar-refractivity contribution is 6.13. The summed E-state index contributed by atoms with van der Waals surface area (Å²) in [6, 6.07) is 20.0. The molecule has 2 aromatic heterocycles. The van der Waals surface area contributed by atoms with Crippen LogP contribution in [0.4, 0.5) is 10.2 Å². The van der Waals surface area contributed by atoms with Gasteiger partial charge in [0.15, 0.2) is 0 Å². The van der Waals surface area contributed by atoms with Crippen molar-refractivity contribution in [3.05, 3.63) is 89.7 Å². The van der Waals surface area contributed by atoms with Gasteiger partial charge in [0, 0.05) is 43.2 Å². The molecule has 9 nitrogen and oxygen atoms in total. The molecule has 3 heterocycles. The van der Waals surface area contributed by atoms with Crippen molar-refractivity contribution in [3.8, 4) is 5.69 Å². The molecule has 6 rings (SSSR count). The Hall–Kier alpha value is -4.86. The maximum absolute atomic E-state index is 13.7. The van der Waals surface area contributed by atoms with Gasteiger partial charge in [-0.2, -0.15) is 4.80 Å². The smallest absolute Gasteiger partial charge is 0.336 e. The summed E-state index contributed by atoms with van der Waals surface area (Å²) in [5.41, 5.74) is 2.44. The van der Waals surface area contributed by atoms with E-state index in [1.54, 1.807) is 47.4 Å². The molecule has 184 valence electrons. The second-order valence-electron chi connectivity index (χ2n) is 8.78. The van der Waals surface area contributed by atoms with Crippen LogP contribution in [0.2, 0.25) is 0 Å². The SMILES string of the molecule is O=C(O)c1cc(N2CCN(C(=O)c3ccccc3)CC2)nc2ccc3nn(-c4cccc(F)c4)nc3c12. The minimum Gasteiger partial charge on any atom is -0.478 e. The molecule has 0 spiro atoms. The lowest BCUT2D eigenvalue weighted by molar-refractivity contribution is 0.0698. The maximum atomic E-state index is 13.7. The molecule has 0 unspecified atom stereocenters. The van der Waals surface area contributed by atoms with Crippen LogP contribution in [0.3, 0.4) is 0 Å². The molecule has 1 fully saturated rings. The van der Waals surface area contributed by atoms with Crippen molar-refractivity contribution in [2.24, 2.45) is 0 Å². The summed E-state index contributed by atoms with van der Waals surface area (Å²) in [7, 11) is 0. The number of aromatic nitrogens is 4. The van der Waals surface area contributed by atoms with Gasteiger partial charge in [-0.1, -0.05) is 24.3 Å². The lowest BCUT2D eigenvalue weighted by Crippen LogP contribution is -2.49. The van der Waals surface area contributed by atoms with Crippen LogP contribution < -0.4 is 4.90 Å². The van der Waals surface area contributed by atoms with Crippen LogP contribution in [0, 0.1) is 5.82 Å². The summed E-state index contributed by atoms with van der Waals surface area (Å²) < 4.78 is 13.7. The van der Waals surface area contributed by atoms with Crippen molar-refractivity contribution in [3.63, 3.8) is 0 Å². The Morgan fingerprint density at radius 1 is 0.838 bits per heavy atom. The van der Waals surface area contributed by atoms with Crippen molar-refractivity contribution in [2.45, 2.75) is 0 Å². The second-order valence-corrected chi connectivity index (χ2v) is 8.78. The first kappa shape index (κ1) is 22.6. The standard InChI is InChI=1S/C27H21FN6O3/c28-18-7-4-8-19(15-18)34-30-22-10-9-21-24(25(22)31-34)20(27(36)37)16-23(29-21)32-11-13-33(14-12-32)26(35)17-5-2-1-3-6-17/h1-10,15-16H,11-14H2,(H,36,37). The zero-order chi connectivity index (χ0) is 25.5. The Bertz CT molecular complexity index is 1660. The molecule has 0 saturated carbocycles. The van der Waals surface area contributed by atoms with E-state index in [0.29, 0.717) is 65.2 Å². The number of benzene rings is 3. The number of hydrogen-bond acceptors (Lipinski definition) is 6. The minimum atomic E-state index is -1.11. The fourth-order valence-electron chi connectivity index (χ4n) is 4.63. The van der Waals surface area contributed by atoms with Crippen molar-refractivity contribution < 1.29 is 19.1 Å². The molecule has 1 amide bonds. The third-order valence-electron chi connectivity index (χ3n) is 6.49. The third-order valence-corrected chi connectivity index (χ3v) is 6.49. The third kappa shape index (κ3) is 4.12. The number of halogens is 1. The fourth-order valence-corrected chi connectivity index (χ4v) is 4.63. The Morgan fingerprint density at radius 2 is 1.59 bits per heavy atom. The molecule has 1 N–H and O–H groups in total. The average Bonchev–Trinajstić information content (AvgIpc) is 3.37. The predicted octanol–water partition coefficient (Wildman–Crippen LogP) is 3.77. The van der Waals surface area contributed by atoms with Crippen LogP contribution in [0.15, 0.2) is 72.8 Å². The van der Waals surface area contributed by atoms with Crippen LogP contribution in [-0.2, 0) is 0 Å². The van der Waals surface area contributed by atoms with Gasteiger partial charge in [-0.3, -0.25) is 4.79 Å². The Balaban J connectivity index is 1.34. The number of aromatic carboxylic acids is 1. The molecule has 0 bridgehead atoms. The highest BCUT2D eigenvalue weighted by atomic mass is 19.1. The van der Waals surface area contributed by atoms with Crippen LogP contribution in [0.5, 0.6) is 0 Å². The summed E-state index contributed by atoms with van der Waals surface area (Å²) in [5.74, 6) is -1.04. The van der Waals surface area contributed by atoms with Gasteiger partial charge in [0.2, 0.25) is 0 Å². The molecule has 0 atom stereocenters. The number of amides is 1. The number of anilines is 1. The highest BCUT2D eigenvalue weighted by Gasteiger charge is 2.25. The molecule has 3 aromatic carbocycles. The van der Waals surface area contributed by atoms with E-state index in [1.807, 2.05) is 23.1 Å². The summed E-state index contributed by atoms with van der Waals surface area (Å²) >= 11 is 0. The molecule has 1 aliphatic rings. The summed E-state index contributed by atoms with van der Waals surface area (Å²) in [4.78, 5) is 34.9. The Kier molecular flexibility index (Phi) is 5.48. The molecular formula is C27H21FN6O3. The fraction of sp³-hybridized carbons (Fsp3) is 0.148. The monoisotopic (exact) mass is 496 g/mol. The zero-order valence-electron chi connectivity index (χ0n) is 19.6. The number of carboxylic acid groups (broad SMARTS) is 1. The number of carboxylic acids is 1. The molecule has 1 saturated heterocycles. The number of pyridine rings is 1. The Morgan fingerprint density at radius 3 is 2.32 bits per heavy atom. The summed E-state index contributed by atoms with van der Waals surface area (Å²) in [6.45, 7) is 2.04. The molecule has 0 aliphatic carbocycles. The lowest BCUT2D eigenvalue weighted by Gasteiger charge is -2.35. The quantitative estimate of drug-likeness (QED) is 0.404. The van der Waals surface area contributed by atoms with Crippen LogP contribution in [0.1, 0.15) is 20.7 Å². The van der Waals surface area contributed by atoms with Gasteiger partial charge in [0.1, 0.15) is 22.7 Å². The van der Waals surface area contributed by atoms with E-state index in [9.17, 15) is 19.1 Å². The number of piperazine rings is 1. The van der Waals surface area contributed by atoms with E-state index in [-0.39, 0.29) is 11.5 Å². The first-order valence-electron chi connectivity index (χ1n) is 11.8. The van der Waals surface area contributed by atoms with E-state index < -0.39 is 11.8 Å². The molecular weight excluding hydrogens is 475 g/mol. The second kappa shape index (κ2) is 8.98. The van der Waals surface area contributed by atoms with E-state index in [2.05, 4.69) is 10.2 Å². The normalized spacial score (nSPS) is 13.9. The number of nitrogens with zero attached hydrogens (tertiary/aromatic N) is 6. The molecule has 1 aliphatic heterocycles. The number of hydrogen-bond donors (Lipinski definition) is 1. The number of carbonyl (C=O) groups excluding carboxylic acids is 1. The first-order chi connectivity index (χ1) is 18.0. The van der Waals surface area contributed by atoms with E-state index in [0.717, 1.165) is 0 Å². The van der Waals surface area contributed by atoms with Gasteiger partial charge in [-0.15, -0.1) is 10.2 Å². The van der Waals surface area contributed by atoms with E-state index in [1.165, 1.54) is 16.9 Å². The van der Waals surface area contributed by atoms with Gasteiger partial charge in [0.05, 0.1) is 16.8 Å². The largest absolute Gasteiger partial charge is 0.478 e. The van der Waals surface area contributed by atoms with Crippen LogP contribution >= 0.6 is 0 Å². The average molecular weight is 497 g/mol. The number of carbonyl (C=O) groups is 2. The zero-order valence-corrected chi connectivity index (χ0v) is 19.6. The number of fused-ring (bicyclic) bond motifs is 3. The molecule has 37 heavy (non-hydrogen) atoms. The van der Waals surface area contributed by atoms with Gasteiger partial charge < -0.3 is 14.9 Å². The molecule has 0 radical (unpaired) electrons. The van der Waals surface area contributed by atoms with Crippen LogP contribution in [0.25, 0.3) is 27.6 Å². The van der Waals surface area contributed by atoms with E-state index >= 15 is 0 Å². The van der Waals surface area contributed by atoms with Gasteiger partial charge in [-0.25, -0.2) is 14.2 Å². The van der Waals surface area contributed by atoms with Crippen molar-refractivity contribution >= 4 is 39.6 Å². The minimum absolute atomic E-state index is 0.0262. The van der Waals surface area contributed by atoms with Gasteiger partial charge >= 0.3 is 5.97 Å².